The molecule has 0 aliphatic heterocycles. The molecule has 0 nitrogen and oxygen atoms in total. The van der Waals surface area contributed by atoms with Gasteiger partial charge in [0.15, 0.2) is 0 Å². The van der Waals surface area contributed by atoms with Gasteiger partial charge in [0.1, 0.15) is 0 Å². The first-order valence-corrected chi connectivity index (χ1v) is 30.2. The Hall–Kier alpha value is 1.15. The van der Waals surface area contributed by atoms with Gasteiger partial charge in [-0.1, -0.05) is 38.5 Å². The number of halogens is 2. The van der Waals surface area contributed by atoms with Crippen LogP contribution in [0, 0.1) is 0 Å². The zero-order chi connectivity index (χ0) is 33.2. The molecule has 1 aromatic rings. The van der Waals surface area contributed by atoms with Gasteiger partial charge in [-0.05, 0) is 154 Å². The Morgan fingerprint density at radius 2 is 0.604 bits per heavy atom. The van der Waals surface area contributed by atoms with Crippen LogP contribution in [-0.4, -0.2) is 38.6 Å². The summed E-state index contributed by atoms with van der Waals surface area (Å²) in [7, 11) is 11.2. The Kier molecular flexibility index (Phi) is 20.0. The standard InChI is InChI=1S/2C18H33P.C7H6.2ClH.Ru/c2*1-4-10-16(11-5-1)19(17-12-6-2-7-13-17)18-14-8-3-9-15-18;1-7-5-3-2-4-6-7;;;/h2*16-18H,1-15H2;1-6H;2*1H;/q;;;;;+2. The fourth-order valence-corrected chi connectivity index (χ4v) is 23.5. The van der Waals surface area contributed by atoms with Crippen molar-refractivity contribution in [3.8, 4) is 0 Å². The van der Waals surface area contributed by atoms with E-state index in [-0.39, 0.29) is 15.8 Å². The van der Waals surface area contributed by atoms with Crippen molar-refractivity contribution in [2.45, 2.75) is 227 Å². The van der Waals surface area contributed by atoms with E-state index in [1.165, 1.54) is 34.0 Å². The van der Waals surface area contributed by atoms with Crippen molar-refractivity contribution in [1.82, 2.24) is 0 Å². The molecule has 48 heavy (non-hydrogen) atoms. The predicted octanol–water partition coefficient (Wildman–Crippen LogP) is 15.2. The first-order valence-electron chi connectivity index (χ1n) is 21.3. The quantitative estimate of drug-likeness (QED) is 0.190. The van der Waals surface area contributed by atoms with E-state index < -0.39 is 13.5 Å². The molecule has 0 amide bonds. The molecule has 0 atom stereocenters. The van der Waals surface area contributed by atoms with Crippen molar-refractivity contribution in [2.75, 3.05) is 0 Å². The minimum absolute atomic E-state index is 0.0465. The van der Waals surface area contributed by atoms with Crippen molar-refractivity contribution < 1.29 is 13.5 Å². The van der Waals surface area contributed by atoms with Crippen LogP contribution in [0.15, 0.2) is 30.3 Å². The van der Waals surface area contributed by atoms with Gasteiger partial charge in [-0.3, -0.25) is 0 Å². The zero-order valence-electron chi connectivity index (χ0n) is 30.8. The number of hydrogen-bond acceptors (Lipinski definition) is 0. The topological polar surface area (TPSA) is 0 Å². The van der Waals surface area contributed by atoms with E-state index in [1.807, 2.05) is 34.9 Å². The molecule has 5 heteroatoms. The van der Waals surface area contributed by atoms with Gasteiger partial charge in [-0.2, -0.15) is 0 Å². The van der Waals surface area contributed by atoms with Crippen LogP contribution in [0.1, 0.15) is 198 Å². The van der Waals surface area contributed by atoms with Crippen LogP contribution < -0.4 is 0 Å². The van der Waals surface area contributed by atoms with Gasteiger partial charge in [0.2, 0.25) is 0 Å². The molecule has 0 spiro atoms. The fourth-order valence-electron chi connectivity index (χ4n) is 11.2. The third-order valence-electron chi connectivity index (χ3n) is 13.5. The molecule has 0 unspecified atom stereocenters. The summed E-state index contributed by atoms with van der Waals surface area (Å²) in [5.41, 5.74) is 8.48. The molecule has 1 aromatic carbocycles. The molecule has 6 saturated carbocycles. The molecule has 0 N–H and O–H groups in total. The molecular weight excluding hydrogens is 750 g/mol. The van der Waals surface area contributed by atoms with Crippen LogP contribution in [0.4, 0.5) is 0 Å². The first kappa shape index (κ1) is 40.3. The predicted molar refractivity (Wildman–Crippen MR) is 221 cm³/mol. The second kappa shape index (κ2) is 23.7. The average molecular weight is 825 g/mol. The van der Waals surface area contributed by atoms with Gasteiger partial charge < -0.3 is 0 Å². The van der Waals surface area contributed by atoms with Crippen molar-refractivity contribution in [1.29, 1.82) is 0 Å². The van der Waals surface area contributed by atoms with Crippen LogP contribution in [0.5, 0.6) is 0 Å². The van der Waals surface area contributed by atoms with Crippen LogP contribution >= 0.6 is 35.2 Å². The van der Waals surface area contributed by atoms with Crippen molar-refractivity contribution in [3.63, 3.8) is 0 Å². The third-order valence-corrected chi connectivity index (χ3v) is 24.4. The van der Waals surface area contributed by atoms with E-state index in [1.54, 1.807) is 193 Å². The molecular formula is C43H74Cl2P2Ru+2. The van der Waals surface area contributed by atoms with Gasteiger partial charge in [0.05, 0.1) is 34.0 Å². The summed E-state index contributed by atoms with van der Waals surface area (Å²) >= 11 is -1.61. The van der Waals surface area contributed by atoms with Gasteiger partial charge in [0.25, 0.3) is 0 Å². The molecule has 0 aromatic heterocycles. The third kappa shape index (κ3) is 13.9. The van der Waals surface area contributed by atoms with Crippen molar-refractivity contribution >= 4 is 39.8 Å². The molecule has 6 fully saturated rings. The van der Waals surface area contributed by atoms with Gasteiger partial charge >= 0.3 is 73.4 Å². The number of benzene rings is 1. The monoisotopic (exact) mass is 824 g/mol. The Morgan fingerprint density at radius 1 is 0.375 bits per heavy atom. The first-order chi connectivity index (χ1) is 23.7. The molecule has 0 saturated heterocycles. The SMILES string of the molecule is C1CCC([PH+](C2CCCCC2)C2CCCCC2)CC1.C1CCC([PH+](C2CCCCC2)C2CCCCC2)CC1.[Cl][Ru]([Cl])=[CH]c1ccccc1. The van der Waals surface area contributed by atoms with E-state index in [4.69, 9.17) is 19.4 Å². The minimum atomic E-state index is -1.61. The second-order valence-corrected chi connectivity index (χ2v) is 29.4. The molecule has 0 heterocycles. The molecule has 6 aliphatic rings. The summed E-state index contributed by atoms with van der Waals surface area (Å²) in [6.45, 7) is 0. The maximum absolute atomic E-state index is 5.67. The molecule has 0 bridgehead atoms. The van der Waals surface area contributed by atoms with Crippen LogP contribution in [-0.2, 0) is 13.5 Å². The van der Waals surface area contributed by atoms with Crippen LogP contribution in [0.25, 0.3) is 0 Å². The van der Waals surface area contributed by atoms with Crippen LogP contribution in [0.3, 0.4) is 0 Å². The molecule has 0 radical (unpaired) electrons. The van der Waals surface area contributed by atoms with E-state index in [0.29, 0.717) is 0 Å². The normalized spacial score (nSPS) is 25.1. The summed E-state index contributed by atoms with van der Waals surface area (Å²) in [6, 6.07) is 9.89. The van der Waals surface area contributed by atoms with Crippen molar-refractivity contribution in [2.24, 2.45) is 0 Å². The molecule has 276 valence electrons. The number of rotatable bonds is 7. The van der Waals surface area contributed by atoms with Gasteiger partial charge in [0, 0.05) is 15.8 Å². The summed E-state index contributed by atoms with van der Waals surface area (Å²) in [5, 5.41) is 0. The average Bonchev–Trinajstić information content (AvgIpc) is 3.15. The summed E-state index contributed by atoms with van der Waals surface area (Å²) in [5.74, 6) is 0. The van der Waals surface area contributed by atoms with E-state index in [0.717, 1.165) is 5.56 Å². The summed E-state index contributed by atoms with van der Waals surface area (Å²) in [6.07, 6.45) is 47.6. The van der Waals surface area contributed by atoms with Crippen LogP contribution in [0.2, 0.25) is 0 Å². The van der Waals surface area contributed by atoms with Gasteiger partial charge in [-0.15, -0.1) is 0 Å². The second-order valence-electron chi connectivity index (χ2n) is 16.7. The van der Waals surface area contributed by atoms with Gasteiger partial charge in [-0.25, -0.2) is 0 Å². The Bertz CT molecular complexity index is 840. The van der Waals surface area contributed by atoms with E-state index in [2.05, 4.69) is 0 Å². The Labute approximate surface area is 313 Å². The Balaban J connectivity index is 0.000000148. The number of hydrogen-bond donors (Lipinski definition) is 0. The summed E-state index contributed by atoms with van der Waals surface area (Å²) in [4.78, 5) is 0. The zero-order valence-corrected chi connectivity index (χ0v) is 36.0. The molecule has 6 aliphatic carbocycles. The molecule has 7 rings (SSSR count). The Morgan fingerprint density at radius 3 is 0.812 bits per heavy atom. The van der Waals surface area contributed by atoms with E-state index >= 15 is 0 Å². The van der Waals surface area contributed by atoms with Crippen molar-refractivity contribution in [3.05, 3.63) is 35.9 Å². The maximum atomic E-state index is 5.67. The fraction of sp³-hybridized carbons (Fsp3) is 0.837. The summed E-state index contributed by atoms with van der Waals surface area (Å²) < 4.78 is 1.92. The van der Waals surface area contributed by atoms with E-state index in [9.17, 15) is 0 Å².